The molecule has 0 amide bonds. The standard InChI is InChI=1S/C12H12O/c1-4-6-11(13)12-9(2)7-5-8-10(12)3/h1,5,7-8H,6H2,2-3H3. The Bertz CT molecular complexity index is 349. The third kappa shape index (κ3) is 1.97. The van der Waals surface area contributed by atoms with Gasteiger partial charge in [-0.1, -0.05) is 24.1 Å². The number of carbonyl (C=O) groups is 1. The molecule has 0 bridgehead atoms. The zero-order chi connectivity index (χ0) is 9.84. The van der Waals surface area contributed by atoms with Crippen molar-refractivity contribution in [2.75, 3.05) is 0 Å². The molecule has 0 heterocycles. The summed E-state index contributed by atoms with van der Waals surface area (Å²) >= 11 is 0. The first kappa shape index (κ1) is 9.54. The van der Waals surface area contributed by atoms with E-state index in [-0.39, 0.29) is 12.2 Å². The smallest absolute Gasteiger partial charge is 0.175 e. The number of rotatable bonds is 2. The summed E-state index contributed by atoms with van der Waals surface area (Å²) in [6.07, 6.45) is 5.28. The molecule has 1 heteroatoms. The van der Waals surface area contributed by atoms with Crippen LogP contribution >= 0.6 is 0 Å². The minimum atomic E-state index is 0.0399. The number of carbonyl (C=O) groups excluding carboxylic acids is 1. The van der Waals surface area contributed by atoms with E-state index in [1.165, 1.54) is 0 Å². The first-order chi connectivity index (χ1) is 6.16. The second kappa shape index (κ2) is 3.91. The van der Waals surface area contributed by atoms with Crippen LogP contribution in [0, 0.1) is 26.2 Å². The zero-order valence-electron chi connectivity index (χ0n) is 7.92. The van der Waals surface area contributed by atoms with Crippen LogP contribution in [-0.4, -0.2) is 5.78 Å². The third-order valence-corrected chi connectivity index (χ3v) is 2.02. The second-order valence-corrected chi connectivity index (χ2v) is 3.07. The van der Waals surface area contributed by atoms with Gasteiger partial charge in [0.2, 0.25) is 0 Å². The molecular weight excluding hydrogens is 160 g/mol. The first-order valence-electron chi connectivity index (χ1n) is 4.19. The third-order valence-electron chi connectivity index (χ3n) is 2.02. The highest BCUT2D eigenvalue weighted by atomic mass is 16.1. The first-order valence-corrected chi connectivity index (χ1v) is 4.19. The Labute approximate surface area is 78.8 Å². The van der Waals surface area contributed by atoms with Crippen molar-refractivity contribution in [3.63, 3.8) is 0 Å². The lowest BCUT2D eigenvalue weighted by Crippen LogP contribution is -2.03. The van der Waals surface area contributed by atoms with Crippen molar-refractivity contribution in [3.8, 4) is 12.3 Å². The molecule has 0 spiro atoms. The summed E-state index contributed by atoms with van der Waals surface area (Å²) in [6, 6.07) is 5.80. The number of hydrogen-bond donors (Lipinski definition) is 0. The molecule has 1 rings (SSSR count). The van der Waals surface area contributed by atoms with Gasteiger partial charge in [0.05, 0.1) is 6.42 Å². The number of hydrogen-bond acceptors (Lipinski definition) is 1. The molecule has 0 aromatic heterocycles. The largest absolute Gasteiger partial charge is 0.293 e. The monoisotopic (exact) mass is 172 g/mol. The SMILES string of the molecule is C#CCC(=O)c1c(C)cccc1C. The van der Waals surface area contributed by atoms with E-state index >= 15 is 0 Å². The molecule has 0 aliphatic heterocycles. The highest BCUT2D eigenvalue weighted by Crippen LogP contribution is 2.14. The summed E-state index contributed by atoms with van der Waals surface area (Å²) in [4.78, 5) is 11.5. The van der Waals surface area contributed by atoms with E-state index < -0.39 is 0 Å². The van der Waals surface area contributed by atoms with E-state index in [1.54, 1.807) is 0 Å². The summed E-state index contributed by atoms with van der Waals surface area (Å²) in [6.45, 7) is 3.85. The maximum absolute atomic E-state index is 11.5. The maximum Gasteiger partial charge on any atom is 0.175 e. The lowest BCUT2D eigenvalue weighted by molar-refractivity contribution is 0.0997. The van der Waals surface area contributed by atoms with Crippen LogP contribution in [0.3, 0.4) is 0 Å². The molecule has 1 nitrogen and oxygen atoms in total. The van der Waals surface area contributed by atoms with Crippen molar-refractivity contribution in [3.05, 3.63) is 34.9 Å². The predicted molar refractivity (Wildman–Crippen MR) is 53.7 cm³/mol. The molecule has 13 heavy (non-hydrogen) atoms. The van der Waals surface area contributed by atoms with Gasteiger partial charge in [-0.15, -0.1) is 6.42 Å². The summed E-state index contributed by atoms with van der Waals surface area (Å²) in [5.74, 6) is 2.41. The van der Waals surface area contributed by atoms with Crippen molar-refractivity contribution in [2.24, 2.45) is 0 Å². The van der Waals surface area contributed by atoms with Gasteiger partial charge in [0.1, 0.15) is 0 Å². The number of ketones is 1. The van der Waals surface area contributed by atoms with E-state index in [4.69, 9.17) is 6.42 Å². The van der Waals surface area contributed by atoms with Crippen LogP contribution < -0.4 is 0 Å². The van der Waals surface area contributed by atoms with Gasteiger partial charge < -0.3 is 0 Å². The maximum atomic E-state index is 11.5. The molecule has 0 saturated carbocycles. The van der Waals surface area contributed by atoms with Gasteiger partial charge >= 0.3 is 0 Å². The van der Waals surface area contributed by atoms with Crippen molar-refractivity contribution in [1.82, 2.24) is 0 Å². The number of Topliss-reactive ketones (excluding diaryl/α,β-unsaturated/α-hetero) is 1. The number of terminal acetylenes is 1. The van der Waals surface area contributed by atoms with Crippen LogP contribution in [0.5, 0.6) is 0 Å². The van der Waals surface area contributed by atoms with E-state index in [0.717, 1.165) is 16.7 Å². The molecule has 1 aromatic carbocycles. The average molecular weight is 172 g/mol. The number of aryl methyl sites for hydroxylation is 2. The Hall–Kier alpha value is -1.55. The highest BCUT2D eigenvalue weighted by molar-refractivity contribution is 6.00. The van der Waals surface area contributed by atoms with Crippen molar-refractivity contribution in [1.29, 1.82) is 0 Å². The fourth-order valence-electron chi connectivity index (χ4n) is 1.44. The molecule has 66 valence electrons. The molecule has 0 aliphatic carbocycles. The molecule has 1 aromatic rings. The molecule has 0 atom stereocenters. The van der Waals surface area contributed by atoms with Gasteiger partial charge in [0.25, 0.3) is 0 Å². The fourth-order valence-corrected chi connectivity index (χ4v) is 1.44. The molecule has 0 fully saturated rings. The lowest BCUT2D eigenvalue weighted by atomic mass is 9.98. The van der Waals surface area contributed by atoms with E-state index in [1.807, 2.05) is 32.0 Å². The summed E-state index contributed by atoms with van der Waals surface area (Å²) in [7, 11) is 0. The van der Waals surface area contributed by atoms with Gasteiger partial charge in [-0.2, -0.15) is 0 Å². The Morgan fingerprint density at radius 3 is 2.38 bits per heavy atom. The lowest BCUT2D eigenvalue weighted by Gasteiger charge is -2.05. The van der Waals surface area contributed by atoms with Crippen molar-refractivity contribution in [2.45, 2.75) is 20.3 Å². The van der Waals surface area contributed by atoms with E-state index in [2.05, 4.69) is 5.92 Å². The van der Waals surface area contributed by atoms with Crippen LogP contribution in [0.2, 0.25) is 0 Å². The average Bonchev–Trinajstić information content (AvgIpc) is 2.04. The molecular formula is C12H12O. The van der Waals surface area contributed by atoms with Crippen LogP contribution in [0.25, 0.3) is 0 Å². The topological polar surface area (TPSA) is 17.1 Å². The fraction of sp³-hybridized carbons (Fsp3) is 0.250. The number of benzene rings is 1. The van der Waals surface area contributed by atoms with E-state index in [9.17, 15) is 4.79 Å². The van der Waals surface area contributed by atoms with Crippen LogP contribution in [0.1, 0.15) is 27.9 Å². The van der Waals surface area contributed by atoms with Crippen LogP contribution in [-0.2, 0) is 0 Å². The van der Waals surface area contributed by atoms with Crippen molar-refractivity contribution < 1.29 is 4.79 Å². The summed E-state index contributed by atoms with van der Waals surface area (Å²) in [5.41, 5.74) is 2.78. The molecule has 0 saturated heterocycles. The molecule has 0 N–H and O–H groups in total. The highest BCUT2D eigenvalue weighted by Gasteiger charge is 2.09. The Morgan fingerprint density at radius 2 is 1.92 bits per heavy atom. The Balaban J connectivity index is 3.14. The summed E-state index contributed by atoms with van der Waals surface area (Å²) < 4.78 is 0. The molecule has 0 unspecified atom stereocenters. The minimum absolute atomic E-state index is 0.0399. The molecule has 0 radical (unpaired) electrons. The second-order valence-electron chi connectivity index (χ2n) is 3.07. The normalized spacial score (nSPS) is 9.31. The van der Waals surface area contributed by atoms with Gasteiger partial charge in [-0.3, -0.25) is 4.79 Å². The van der Waals surface area contributed by atoms with Gasteiger partial charge in [0.15, 0.2) is 5.78 Å². The van der Waals surface area contributed by atoms with Gasteiger partial charge in [0, 0.05) is 5.56 Å². The van der Waals surface area contributed by atoms with Crippen LogP contribution in [0.4, 0.5) is 0 Å². The minimum Gasteiger partial charge on any atom is -0.293 e. The summed E-state index contributed by atoms with van der Waals surface area (Å²) in [5, 5.41) is 0. The van der Waals surface area contributed by atoms with Gasteiger partial charge in [-0.25, -0.2) is 0 Å². The molecule has 0 aliphatic rings. The Kier molecular flexibility index (Phi) is 2.87. The van der Waals surface area contributed by atoms with Crippen molar-refractivity contribution >= 4 is 5.78 Å². The van der Waals surface area contributed by atoms with E-state index in [0.29, 0.717) is 0 Å². The quantitative estimate of drug-likeness (QED) is 0.495. The van der Waals surface area contributed by atoms with Crippen LogP contribution in [0.15, 0.2) is 18.2 Å². The van der Waals surface area contributed by atoms with Gasteiger partial charge in [-0.05, 0) is 25.0 Å². The Morgan fingerprint density at radius 1 is 1.38 bits per heavy atom. The zero-order valence-corrected chi connectivity index (χ0v) is 7.92. The predicted octanol–water partition coefficient (Wildman–Crippen LogP) is 2.51.